The number of hydrogen-bond donors (Lipinski definition) is 2. The predicted octanol–water partition coefficient (Wildman–Crippen LogP) is 3.54. The Bertz CT molecular complexity index is 910. The molecule has 3 aromatic rings. The van der Waals surface area contributed by atoms with Crippen molar-refractivity contribution in [3.8, 4) is 0 Å². The van der Waals surface area contributed by atoms with Gasteiger partial charge in [0.2, 0.25) is 0 Å². The average Bonchev–Trinajstić information content (AvgIpc) is 3.00. The van der Waals surface area contributed by atoms with Gasteiger partial charge in [-0.15, -0.1) is 0 Å². The molecule has 8 heteroatoms. The summed E-state index contributed by atoms with van der Waals surface area (Å²) >= 11 is 2.14. The number of aromatic nitrogens is 3. The van der Waals surface area contributed by atoms with Gasteiger partial charge in [0.25, 0.3) is 0 Å². The van der Waals surface area contributed by atoms with Crippen molar-refractivity contribution in [1.29, 1.82) is 0 Å². The Kier molecular flexibility index (Phi) is 4.16. The summed E-state index contributed by atoms with van der Waals surface area (Å²) in [6.45, 7) is 1.85. The molecule has 0 fully saturated rings. The Morgan fingerprint density at radius 3 is 2.87 bits per heavy atom. The first-order chi connectivity index (χ1) is 11.0. The zero-order valence-electron chi connectivity index (χ0n) is 12.3. The van der Waals surface area contributed by atoms with Gasteiger partial charge in [0.1, 0.15) is 11.3 Å². The van der Waals surface area contributed by atoms with Gasteiger partial charge in [0.15, 0.2) is 5.82 Å². The largest absolute Gasteiger partial charge is 0.465 e. The number of benzene rings is 1. The number of carbonyl (C=O) groups excluding carboxylic acids is 1. The molecule has 23 heavy (non-hydrogen) atoms. The number of nitrogens with one attached hydrogen (secondary N) is 2. The van der Waals surface area contributed by atoms with Gasteiger partial charge in [0.05, 0.1) is 30.2 Å². The maximum Gasteiger partial charge on any atom is 0.340 e. The Hall–Kier alpha value is -2.23. The molecular formula is C15H12FIN4O2. The highest BCUT2D eigenvalue weighted by Gasteiger charge is 2.21. The van der Waals surface area contributed by atoms with E-state index in [0.29, 0.717) is 11.3 Å². The minimum absolute atomic E-state index is 0.00624. The normalized spacial score (nSPS) is 10.8. The number of H-pyrrole nitrogens is 1. The molecule has 0 radical (unpaired) electrons. The summed E-state index contributed by atoms with van der Waals surface area (Å²) in [7, 11) is 1.25. The summed E-state index contributed by atoms with van der Waals surface area (Å²) in [5.41, 5.74) is 1.45. The third kappa shape index (κ3) is 2.85. The summed E-state index contributed by atoms with van der Waals surface area (Å²) in [4.78, 5) is 23.0. The highest BCUT2D eigenvalue weighted by Crippen LogP contribution is 2.30. The predicted molar refractivity (Wildman–Crippen MR) is 92.4 cm³/mol. The van der Waals surface area contributed by atoms with Crippen molar-refractivity contribution in [3.63, 3.8) is 0 Å². The highest BCUT2D eigenvalue weighted by molar-refractivity contribution is 14.1. The molecule has 0 bridgehead atoms. The number of pyridine rings is 1. The van der Waals surface area contributed by atoms with E-state index in [-0.39, 0.29) is 16.8 Å². The Labute approximate surface area is 144 Å². The standard InChI is InChI=1S/C15H12FIN4O2/c1-7-3-8(17)5-18-14(7)21-12-9(15(22)23-2)4-10-13(11(12)16)20-6-19-10/h3-6H,1-2H3,(H,18,21)(H,19,20). The van der Waals surface area contributed by atoms with Crippen LogP contribution in [0.3, 0.4) is 0 Å². The minimum atomic E-state index is -0.647. The second-order valence-electron chi connectivity index (χ2n) is 4.85. The number of aryl methyl sites for hydroxylation is 1. The molecule has 0 amide bonds. The molecule has 0 unspecified atom stereocenters. The first kappa shape index (κ1) is 15.7. The molecule has 2 aromatic heterocycles. The molecule has 1 aromatic carbocycles. The molecule has 0 aliphatic heterocycles. The second kappa shape index (κ2) is 6.11. The van der Waals surface area contributed by atoms with Crippen molar-refractivity contribution in [3.05, 3.63) is 45.2 Å². The number of ether oxygens (including phenoxy) is 1. The van der Waals surface area contributed by atoms with Crippen molar-refractivity contribution in [2.24, 2.45) is 0 Å². The SMILES string of the molecule is COC(=O)c1cc2[nH]cnc2c(F)c1Nc1ncc(I)cc1C. The zero-order chi connectivity index (χ0) is 16.6. The number of rotatable bonds is 3. The van der Waals surface area contributed by atoms with Crippen molar-refractivity contribution < 1.29 is 13.9 Å². The fraction of sp³-hybridized carbons (Fsp3) is 0.133. The fourth-order valence-electron chi connectivity index (χ4n) is 2.23. The maximum atomic E-state index is 14.8. The van der Waals surface area contributed by atoms with E-state index in [2.05, 4.69) is 42.9 Å². The molecule has 2 heterocycles. The van der Waals surface area contributed by atoms with Crippen molar-refractivity contribution in [2.75, 3.05) is 12.4 Å². The van der Waals surface area contributed by atoms with Crippen LogP contribution in [0.5, 0.6) is 0 Å². The number of imidazole rings is 1. The van der Waals surface area contributed by atoms with Gasteiger partial charge >= 0.3 is 5.97 Å². The van der Waals surface area contributed by atoms with Gasteiger partial charge in [-0.3, -0.25) is 0 Å². The second-order valence-corrected chi connectivity index (χ2v) is 6.09. The summed E-state index contributed by atoms with van der Waals surface area (Å²) in [5.74, 6) is -0.820. The van der Waals surface area contributed by atoms with E-state index in [4.69, 9.17) is 4.74 Å². The number of methoxy groups -OCH3 is 1. The molecule has 0 saturated carbocycles. The molecule has 0 saturated heterocycles. The number of aromatic amines is 1. The van der Waals surface area contributed by atoms with Gasteiger partial charge < -0.3 is 15.0 Å². The molecule has 118 valence electrons. The van der Waals surface area contributed by atoms with E-state index in [1.54, 1.807) is 6.20 Å². The van der Waals surface area contributed by atoms with E-state index >= 15 is 0 Å². The number of anilines is 2. The lowest BCUT2D eigenvalue weighted by Crippen LogP contribution is -2.09. The maximum absolute atomic E-state index is 14.8. The molecule has 0 aliphatic carbocycles. The number of hydrogen-bond acceptors (Lipinski definition) is 5. The van der Waals surface area contributed by atoms with Crippen LogP contribution >= 0.6 is 22.6 Å². The van der Waals surface area contributed by atoms with Crippen LogP contribution in [0.4, 0.5) is 15.9 Å². The van der Waals surface area contributed by atoms with Gasteiger partial charge in [0, 0.05) is 9.77 Å². The third-order valence-corrected chi connectivity index (χ3v) is 3.94. The van der Waals surface area contributed by atoms with Crippen molar-refractivity contribution in [2.45, 2.75) is 6.92 Å². The Balaban J connectivity index is 2.17. The van der Waals surface area contributed by atoms with Gasteiger partial charge in [-0.25, -0.2) is 19.2 Å². The van der Waals surface area contributed by atoms with Crippen molar-refractivity contribution >= 4 is 51.1 Å². The van der Waals surface area contributed by atoms with Crippen molar-refractivity contribution in [1.82, 2.24) is 15.0 Å². The van der Waals surface area contributed by atoms with Gasteiger partial charge in [-0.1, -0.05) is 0 Å². The molecule has 0 atom stereocenters. The Morgan fingerprint density at radius 1 is 1.39 bits per heavy atom. The van der Waals surface area contributed by atoms with Crippen LogP contribution in [0.1, 0.15) is 15.9 Å². The van der Waals surface area contributed by atoms with Crippen LogP contribution in [0.2, 0.25) is 0 Å². The zero-order valence-corrected chi connectivity index (χ0v) is 14.4. The summed E-state index contributed by atoms with van der Waals surface area (Å²) in [6, 6.07) is 3.40. The first-order valence-corrected chi connectivity index (χ1v) is 7.72. The highest BCUT2D eigenvalue weighted by atomic mass is 127. The van der Waals surface area contributed by atoms with Gasteiger partial charge in [-0.2, -0.15) is 0 Å². The number of nitrogens with zero attached hydrogens (tertiary/aromatic N) is 2. The van der Waals surface area contributed by atoms with E-state index < -0.39 is 11.8 Å². The van der Waals surface area contributed by atoms with Crippen LogP contribution in [-0.4, -0.2) is 28.0 Å². The lowest BCUT2D eigenvalue weighted by atomic mass is 10.1. The summed E-state index contributed by atoms with van der Waals surface area (Å²) in [6.07, 6.45) is 3.02. The van der Waals surface area contributed by atoms with Crippen LogP contribution in [-0.2, 0) is 4.74 Å². The number of fused-ring (bicyclic) bond motifs is 1. The summed E-state index contributed by atoms with van der Waals surface area (Å²) < 4.78 is 20.5. The number of carbonyl (C=O) groups is 1. The topological polar surface area (TPSA) is 79.9 Å². The lowest BCUT2D eigenvalue weighted by molar-refractivity contribution is 0.0601. The monoisotopic (exact) mass is 426 g/mol. The van der Waals surface area contributed by atoms with E-state index in [1.165, 1.54) is 19.5 Å². The molecule has 6 nitrogen and oxygen atoms in total. The molecule has 0 spiro atoms. The van der Waals surface area contributed by atoms with Crippen LogP contribution in [0.25, 0.3) is 11.0 Å². The lowest BCUT2D eigenvalue weighted by Gasteiger charge is -2.13. The fourth-order valence-corrected chi connectivity index (χ4v) is 2.83. The number of halogens is 2. The first-order valence-electron chi connectivity index (χ1n) is 6.64. The van der Waals surface area contributed by atoms with E-state index in [9.17, 15) is 9.18 Å². The number of esters is 1. The molecule has 2 N–H and O–H groups in total. The Morgan fingerprint density at radius 2 is 2.17 bits per heavy atom. The third-order valence-electron chi connectivity index (χ3n) is 3.35. The average molecular weight is 426 g/mol. The quantitative estimate of drug-likeness (QED) is 0.495. The summed E-state index contributed by atoms with van der Waals surface area (Å²) in [5, 5.41) is 2.89. The van der Waals surface area contributed by atoms with E-state index in [1.807, 2.05) is 13.0 Å². The van der Waals surface area contributed by atoms with E-state index in [0.717, 1.165) is 9.13 Å². The van der Waals surface area contributed by atoms with Gasteiger partial charge in [-0.05, 0) is 47.2 Å². The van der Waals surface area contributed by atoms with Crippen LogP contribution in [0.15, 0.2) is 24.7 Å². The molecule has 3 rings (SSSR count). The molecule has 0 aliphatic rings. The smallest absolute Gasteiger partial charge is 0.340 e. The van der Waals surface area contributed by atoms with Crippen LogP contribution < -0.4 is 5.32 Å². The molecular weight excluding hydrogens is 414 g/mol. The van der Waals surface area contributed by atoms with Crippen LogP contribution in [0, 0.1) is 16.3 Å². The minimum Gasteiger partial charge on any atom is -0.465 e.